The molecular weight excluding hydrogens is 310 g/mol. The maximum absolute atomic E-state index is 12.1. The van der Waals surface area contributed by atoms with Crippen molar-refractivity contribution in [1.82, 2.24) is 9.88 Å². The number of carbonyl (C=O) groups excluding carboxylic acids is 1. The minimum atomic E-state index is -0.144. The molecule has 2 heterocycles. The number of thiazole rings is 1. The number of para-hydroxylation sites is 1. The van der Waals surface area contributed by atoms with E-state index in [1.54, 1.807) is 12.3 Å². The van der Waals surface area contributed by atoms with Crippen molar-refractivity contribution in [3.8, 4) is 0 Å². The molecule has 1 aliphatic rings. The highest BCUT2D eigenvalue weighted by molar-refractivity contribution is 7.10. The van der Waals surface area contributed by atoms with Crippen molar-refractivity contribution in [3.05, 3.63) is 52.5 Å². The van der Waals surface area contributed by atoms with Crippen LogP contribution in [0.3, 0.4) is 0 Å². The monoisotopic (exact) mass is 329 g/mol. The lowest BCUT2D eigenvalue weighted by atomic mass is 10.1. The van der Waals surface area contributed by atoms with E-state index < -0.39 is 0 Å². The van der Waals surface area contributed by atoms with Crippen LogP contribution in [0.4, 0.5) is 5.69 Å². The van der Waals surface area contributed by atoms with Gasteiger partial charge in [0.2, 0.25) is 5.91 Å². The minimum Gasteiger partial charge on any atom is -0.379 e. The highest BCUT2D eigenvalue weighted by Gasteiger charge is 2.13. The van der Waals surface area contributed by atoms with Crippen LogP contribution in [-0.2, 0) is 16.1 Å². The van der Waals surface area contributed by atoms with Crippen molar-refractivity contribution in [1.29, 1.82) is 0 Å². The molecule has 1 N–H and O–H groups in total. The van der Waals surface area contributed by atoms with E-state index in [9.17, 15) is 4.79 Å². The molecule has 2 aromatic rings. The maximum atomic E-state index is 12.1. The smallest absolute Gasteiger partial charge is 0.248 e. The normalized spacial score (nSPS) is 15.8. The highest BCUT2D eigenvalue weighted by atomic mass is 32.1. The number of benzene rings is 1. The Kier molecular flexibility index (Phi) is 5.52. The Balaban J connectivity index is 1.63. The van der Waals surface area contributed by atoms with E-state index in [-0.39, 0.29) is 5.91 Å². The summed E-state index contributed by atoms with van der Waals surface area (Å²) in [4.78, 5) is 18.6. The standard InChI is InChI=1S/C17H19N3O2S/c21-16(5-6-17-18-7-12-23-17)19-15-4-2-1-3-14(15)13-20-8-10-22-11-9-20/h1-7,12H,8-11,13H2,(H,19,21). The van der Waals surface area contributed by atoms with Gasteiger partial charge in [-0.2, -0.15) is 0 Å². The predicted molar refractivity (Wildman–Crippen MR) is 92.3 cm³/mol. The first-order valence-corrected chi connectivity index (χ1v) is 8.46. The number of hydrogen-bond acceptors (Lipinski definition) is 5. The second-order valence-corrected chi connectivity index (χ2v) is 6.16. The molecule has 1 aromatic carbocycles. The van der Waals surface area contributed by atoms with E-state index >= 15 is 0 Å². The van der Waals surface area contributed by atoms with E-state index in [2.05, 4.69) is 21.3 Å². The summed E-state index contributed by atoms with van der Waals surface area (Å²) in [6.45, 7) is 4.20. The molecule has 23 heavy (non-hydrogen) atoms. The minimum absolute atomic E-state index is 0.144. The van der Waals surface area contributed by atoms with Crippen LogP contribution in [0.1, 0.15) is 10.6 Å². The quantitative estimate of drug-likeness (QED) is 0.857. The van der Waals surface area contributed by atoms with Gasteiger partial charge in [-0.15, -0.1) is 11.3 Å². The number of amides is 1. The van der Waals surface area contributed by atoms with Gasteiger partial charge in [-0.1, -0.05) is 18.2 Å². The SMILES string of the molecule is O=C(C=Cc1nccs1)Nc1ccccc1CN1CCOCC1. The molecule has 0 aliphatic carbocycles. The van der Waals surface area contributed by atoms with Gasteiger partial charge in [-0.3, -0.25) is 9.69 Å². The van der Waals surface area contributed by atoms with Crippen LogP contribution >= 0.6 is 11.3 Å². The summed E-state index contributed by atoms with van der Waals surface area (Å²) in [7, 11) is 0. The Hall–Kier alpha value is -2.02. The number of rotatable bonds is 5. The number of hydrogen-bond donors (Lipinski definition) is 1. The first-order valence-electron chi connectivity index (χ1n) is 7.58. The Morgan fingerprint density at radius 2 is 2.17 bits per heavy atom. The van der Waals surface area contributed by atoms with Crippen LogP contribution in [0.2, 0.25) is 0 Å². The van der Waals surface area contributed by atoms with Crippen LogP contribution < -0.4 is 5.32 Å². The molecule has 6 heteroatoms. The number of nitrogens with zero attached hydrogens (tertiary/aromatic N) is 2. The number of carbonyl (C=O) groups is 1. The van der Waals surface area contributed by atoms with Crippen molar-refractivity contribution in [2.75, 3.05) is 31.6 Å². The number of aromatic nitrogens is 1. The summed E-state index contributed by atoms with van der Waals surface area (Å²) in [5, 5.41) is 5.66. The number of anilines is 1. The zero-order chi connectivity index (χ0) is 15.9. The number of nitrogens with one attached hydrogen (secondary N) is 1. The van der Waals surface area contributed by atoms with Crippen LogP contribution in [-0.4, -0.2) is 42.1 Å². The Morgan fingerprint density at radius 3 is 2.96 bits per heavy atom. The van der Waals surface area contributed by atoms with Gasteiger partial charge < -0.3 is 10.1 Å². The molecule has 5 nitrogen and oxygen atoms in total. The Labute approximate surface area is 139 Å². The molecule has 3 rings (SSSR count). The van der Waals surface area contributed by atoms with Crippen molar-refractivity contribution < 1.29 is 9.53 Å². The second kappa shape index (κ2) is 8.01. The zero-order valence-electron chi connectivity index (χ0n) is 12.8. The lowest BCUT2D eigenvalue weighted by Crippen LogP contribution is -2.35. The topological polar surface area (TPSA) is 54.5 Å². The van der Waals surface area contributed by atoms with Crippen molar-refractivity contribution >= 4 is 29.0 Å². The molecule has 1 aliphatic heterocycles. The first-order chi connectivity index (χ1) is 11.3. The maximum Gasteiger partial charge on any atom is 0.248 e. The van der Waals surface area contributed by atoms with Crippen LogP contribution in [0.25, 0.3) is 6.08 Å². The van der Waals surface area contributed by atoms with Gasteiger partial charge >= 0.3 is 0 Å². The summed E-state index contributed by atoms with van der Waals surface area (Å²) in [5.74, 6) is -0.144. The molecule has 1 fully saturated rings. The average Bonchev–Trinajstić information content (AvgIpc) is 3.09. The van der Waals surface area contributed by atoms with Crippen molar-refractivity contribution in [2.24, 2.45) is 0 Å². The van der Waals surface area contributed by atoms with E-state index in [1.807, 2.05) is 23.6 Å². The summed E-state index contributed by atoms with van der Waals surface area (Å²) >= 11 is 1.50. The van der Waals surface area contributed by atoms with Crippen molar-refractivity contribution in [2.45, 2.75) is 6.54 Å². The zero-order valence-corrected chi connectivity index (χ0v) is 13.6. The number of ether oxygens (including phenoxy) is 1. The third kappa shape index (κ3) is 4.72. The second-order valence-electron chi connectivity index (χ2n) is 5.24. The van der Waals surface area contributed by atoms with Crippen LogP contribution in [0.15, 0.2) is 41.9 Å². The fourth-order valence-corrected chi connectivity index (χ4v) is 2.95. The van der Waals surface area contributed by atoms with Gasteiger partial charge in [0.25, 0.3) is 0 Å². The van der Waals surface area contributed by atoms with E-state index in [4.69, 9.17) is 4.74 Å². The van der Waals surface area contributed by atoms with E-state index in [0.29, 0.717) is 0 Å². The van der Waals surface area contributed by atoms with Gasteiger partial charge in [0.15, 0.2) is 0 Å². The highest BCUT2D eigenvalue weighted by Crippen LogP contribution is 2.18. The van der Waals surface area contributed by atoms with Crippen LogP contribution in [0.5, 0.6) is 0 Å². The average molecular weight is 329 g/mol. The molecule has 0 unspecified atom stereocenters. The van der Waals surface area contributed by atoms with Gasteiger partial charge in [-0.25, -0.2) is 4.98 Å². The van der Waals surface area contributed by atoms with E-state index in [1.165, 1.54) is 17.4 Å². The predicted octanol–water partition coefficient (Wildman–Crippen LogP) is 2.63. The van der Waals surface area contributed by atoms with Gasteiger partial charge in [0.05, 0.1) is 13.2 Å². The Morgan fingerprint density at radius 1 is 1.35 bits per heavy atom. The fourth-order valence-electron chi connectivity index (χ4n) is 2.42. The van der Waals surface area contributed by atoms with Gasteiger partial charge in [-0.05, 0) is 17.7 Å². The van der Waals surface area contributed by atoms with Gasteiger partial charge in [0, 0.05) is 43.0 Å². The molecule has 0 atom stereocenters. The lowest BCUT2D eigenvalue weighted by Gasteiger charge is -2.27. The molecule has 1 saturated heterocycles. The van der Waals surface area contributed by atoms with Crippen LogP contribution in [0, 0.1) is 0 Å². The molecule has 1 aromatic heterocycles. The summed E-state index contributed by atoms with van der Waals surface area (Å²) in [6.07, 6.45) is 4.97. The van der Waals surface area contributed by atoms with Gasteiger partial charge in [0.1, 0.15) is 5.01 Å². The molecule has 0 radical (unpaired) electrons. The Bertz CT molecular complexity index is 664. The molecule has 0 saturated carbocycles. The molecule has 0 spiro atoms. The molecular formula is C17H19N3O2S. The molecule has 120 valence electrons. The lowest BCUT2D eigenvalue weighted by molar-refractivity contribution is -0.111. The largest absolute Gasteiger partial charge is 0.379 e. The molecule has 1 amide bonds. The van der Waals surface area contributed by atoms with Crippen molar-refractivity contribution in [3.63, 3.8) is 0 Å². The molecule has 0 bridgehead atoms. The summed E-state index contributed by atoms with van der Waals surface area (Å²) < 4.78 is 5.37. The number of morpholine rings is 1. The summed E-state index contributed by atoms with van der Waals surface area (Å²) in [6, 6.07) is 7.92. The summed E-state index contributed by atoms with van der Waals surface area (Å²) in [5.41, 5.74) is 1.97. The first kappa shape index (κ1) is 15.9. The fraction of sp³-hybridized carbons (Fsp3) is 0.294. The third-order valence-electron chi connectivity index (χ3n) is 3.60. The van der Waals surface area contributed by atoms with E-state index in [0.717, 1.165) is 49.1 Å². The third-order valence-corrected chi connectivity index (χ3v) is 4.34.